The zero-order valence-corrected chi connectivity index (χ0v) is 16.8. The second-order valence-corrected chi connectivity index (χ2v) is 7.27. The molecule has 0 aromatic heterocycles. The van der Waals surface area contributed by atoms with Gasteiger partial charge in [0.2, 0.25) is 0 Å². The second-order valence-electron chi connectivity index (χ2n) is 7.27. The zero-order chi connectivity index (χ0) is 21.7. The van der Waals surface area contributed by atoms with E-state index in [2.05, 4.69) is 5.32 Å². The lowest BCUT2D eigenvalue weighted by Crippen LogP contribution is -2.45. The fraction of sp³-hybridized carbons (Fsp3) is 0.381. The predicted octanol–water partition coefficient (Wildman–Crippen LogP) is 3.04. The van der Waals surface area contributed by atoms with Gasteiger partial charge in [0.25, 0.3) is 11.6 Å². The van der Waals surface area contributed by atoms with Gasteiger partial charge in [-0.3, -0.25) is 14.9 Å². The average molecular weight is 417 g/mol. The van der Waals surface area contributed by atoms with Crippen molar-refractivity contribution in [2.75, 3.05) is 24.6 Å². The molecule has 2 aromatic carbocycles. The molecule has 2 aromatic rings. The van der Waals surface area contributed by atoms with Crippen molar-refractivity contribution >= 4 is 17.3 Å². The minimum Gasteiger partial charge on any atom is -0.484 e. The highest BCUT2D eigenvalue weighted by molar-refractivity contribution is 5.77. The number of carbonyl (C=O) groups is 1. The van der Waals surface area contributed by atoms with Crippen LogP contribution in [0.2, 0.25) is 0 Å². The fourth-order valence-corrected chi connectivity index (χ4v) is 3.38. The lowest BCUT2D eigenvalue weighted by molar-refractivity contribution is -0.384. The van der Waals surface area contributed by atoms with Gasteiger partial charge >= 0.3 is 0 Å². The predicted molar refractivity (Wildman–Crippen MR) is 109 cm³/mol. The molecule has 2 unspecified atom stereocenters. The molecule has 3 rings (SSSR count). The number of nitrogens with zero attached hydrogens (tertiary/aromatic N) is 2. The molecule has 1 amide bonds. The van der Waals surface area contributed by atoms with Crippen LogP contribution in [0, 0.1) is 15.9 Å². The van der Waals surface area contributed by atoms with Crippen LogP contribution in [-0.4, -0.2) is 42.7 Å². The van der Waals surface area contributed by atoms with Crippen molar-refractivity contribution in [1.29, 1.82) is 0 Å². The molecule has 0 saturated carbocycles. The number of morpholine rings is 1. The fourth-order valence-electron chi connectivity index (χ4n) is 3.38. The van der Waals surface area contributed by atoms with Crippen LogP contribution in [0.3, 0.4) is 0 Å². The number of amides is 1. The molecule has 30 heavy (non-hydrogen) atoms. The molecule has 9 heteroatoms. The van der Waals surface area contributed by atoms with Crippen LogP contribution in [0.4, 0.5) is 15.8 Å². The van der Waals surface area contributed by atoms with E-state index in [0.29, 0.717) is 24.3 Å². The zero-order valence-electron chi connectivity index (χ0n) is 16.8. The van der Waals surface area contributed by atoms with E-state index in [4.69, 9.17) is 9.47 Å². The third kappa shape index (κ3) is 5.66. The maximum atomic E-state index is 14.6. The molecule has 0 aliphatic carbocycles. The Balaban J connectivity index is 1.52. The van der Waals surface area contributed by atoms with E-state index in [9.17, 15) is 19.3 Å². The number of nitro benzene ring substituents is 1. The van der Waals surface area contributed by atoms with Gasteiger partial charge < -0.3 is 19.7 Å². The van der Waals surface area contributed by atoms with Crippen LogP contribution in [0.1, 0.15) is 19.4 Å². The van der Waals surface area contributed by atoms with Crippen molar-refractivity contribution in [3.05, 3.63) is 64.0 Å². The molecule has 0 bridgehead atoms. The van der Waals surface area contributed by atoms with Crippen molar-refractivity contribution in [3.63, 3.8) is 0 Å². The Morgan fingerprint density at radius 1 is 1.27 bits per heavy atom. The Bertz CT molecular complexity index is 913. The van der Waals surface area contributed by atoms with Crippen molar-refractivity contribution in [3.8, 4) is 5.75 Å². The largest absolute Gasteiger partial charge is 0.484 e. The van der Waals surface area contributed by atoms with Crippen LogP contribution in [0.5, 0.6) is 5.75 Å². The molecule has 0 spiro atoms. The minimum absolute atomic E-state index is 0.0261. The summed E-state index contributed by atoms with van der Waals surface area (Å²) in [6, 6.07) is 10.5. The standard InChI is InChI=1S/C21H24FN3O5/c1-14-11-24(12-15(2)30-14)20-7-6-16(8-19(20)22)10-23-21(26)13-29-18-5-3-4-17(9-18)25(27)28/h3-9,14-15H,10-13H2,1-2H3,(H,23,26). The lowest BCUT2D eigenvalue weighted by atomic mass is 10.1. The van der Waals surface area contributed by atoms with E-state index >= 15 is 0 Å². The van der Waals surface area contributed by atoms with Gasteiger partial charge in [-0.05, 0) is 37.6 Å². The van der Waals surface area contributed by atoms with Crippen molar-refractivity contribution in [2.45, 2.75) is 32.6 Å². The Labute approximate surface area is 173 Å². The number of hydrogen-bond donors (Lipinski definition) is 1. The van der Waals surface area contributed by atoms with Crippen LogP contribution in [0.15, 0.2) is 42.5 Å². The molecular weight excluding hydrogens is 393 g/mol. The highest BCUT2D eigenvalue weighted by Gasteiger charge is 2.24. The molecule has 1 saturated heterocycles. The number of carbonyl (C=O) groups excluding carboxylic acids is 1. The average Bonchev–Trinajstić information content (AvgIpc) is 2.70. The summed E-state index contributed by atoms with van der Waals surface area (Å²) in [5.41, 5.74) is 1.02. The van der Waals surface area contributed by atoms with E-state index < -0.39 is 10.8 Å². The minimum atomic E-state index is -0.538. The first kappa shape index (κ1) is 21.5. The number of rotatable bonds is 7. The summed E-state index contributed by atoms with van der Waals surface area (Å²) in [4.78, 5) is 24.2. The van der Waals surface area contributed by atoms with E-state index in [1.165, 1.54) is 30.3 Å². The molecule has 160 valence electrons. The van der Waals surface area contributed by atoms with Crippen molar-refractivity contribution in [1.82, 2.24) is 5.32 Å². The highest BCUT2D eigenvalue weighted by Crippen LogP contribution is 2.24. The number of nitrogens with one attached hydrogen (secondary N) is 1. The van der Waals surface area contributed by atoms with E-state index in [1.54, 1.807) is 12.1 Å². The van der Waals surface area contributed by atoms with Gasteiger partial charge in [0.15, 0.2) is 6.61 Å². The van der Waals surface area contributed by atoms with Gasteiger partial charge in [-0.25, -0.2) is 4.39 Å². The molecule has 1 heterocycles. The number of nitro groups is 1. The van der Waals surface area contributed by atoms with Crippen molar-refractivity contribution < 1.29 is 23.6 Å². The molecule has 0 radical (unpaired) electrons. The molecule has 1 fully saturated rings. The van der Waals surface area contributed by atoms with Gasteiger partial charge in [0.1, 0.15) is 11.6 Å². The number of ether oxygens (including phenoxy) is 2. The van der Waals surface area contributed by atoms with Crippen LogP contribution in [-0.2, 0) is 16.1 Å². The van der Waals surface area contributed by atoms with Gasteiger partial charge in [0.05, 0.1) is 28.9 Å². The number of halogens is 1. The SMILES string of the molecule is CC1CN(c2ccc(CNC(=O)COc3cccc([N+](=O)[O-])c3)cc2F)CC(C)O1. The van der Waals surface area contributed by atoms with Gasteiger partial charge in [-0.15, -0.1) is 0 Å². The van der Waals surface area contributed by atoms with Crippen LogP contribution in [0.25, 0.3) is 0 Å². The normalized spacial score (nSPS) is 18.7. The molecular formula is C21H24FN3O5. The molecule has 1 N–H and O–H groups in total. The summed E-state index contributed by atoms with van der Waals surface area (Å²) in [7, 11) is 0. The van der Waals surface area contributed by atoms with E-state index in [-0.39, 0.29) is 42.6 Å². The second kappa shape index (κ2) is 9.53. The Hall–Kier alpha value is -3.20. The number of anilines is 1. The monoisotopic (exact) mass is 417 g/mol. The maximum Gasteiger partial charge on any atom is 0.273 e. The Morgan fingerprint density at radius 2 is 2.00 bits per heavy atom. The summed E-state index contributed by atoms with van der Waals surface area (Å²) >= 11 is 0. The lowest BCUT2D eigenvalue weighted by Gasteiger charge is -2.37. The van der Waals surface area contributed by atoms with Gasteiger partial charge in [-0.2, -0.15) is 0 Å². The molecule has 2 atom stereocenters. The molecule has 1 aliphatic heterocycles. The first-order valence-corrected chi connectivity index (χ1v) is 9.64. The summed E-state index contributed by atoms with van der Waals surface area (Å²) in [5, 5.41) is 13.4. The summed E-state index contributed by atoms with van der Waals surface area (Å²) < 4.78 is 25.6. The summed E-state index contributed by atoms with van der Waals surface area (Å²) in [6.07, 6.45) is 0.0522. The Morgan fingerprint density at radius 3 is 2.67 bits per heavy atom. The third-order valence-electron chi connectivity index (χ3n) is 4.66. The smallest absolute Gasteiger partial charge is 0.273 e. The number of hydrogen-bond acceptors (Lipinski definition) is 6. The first-order chi connectivity index (χ1) is 14.3. The summed E-state index contributed by atoms with van der Waals surface area (Å²) in [6.45, 7) is 4.99. The quantitative estimate of drug-likeness (QED) is 0.550. The summed E-state index contributed by atoms with van der Waals surface area (Å²) in [5.74, 6) is -0.540. The van der Waals surface area contributed by atoms with Gasteiger partial charge in [0, 0.05) is 25.7 Å². The van der Waals surface area contributed by atoms with Crippen molar-refractivity contribution in [2.24, 2.45) is 0 Å². The molecule has 8 nitrogen and oxygen atoms in total. The van der Waals surface area contributed by atoms with E-state index in [1.807, 2.05) is 18.7 Å². The number of non-ortho nitro benzene ring substituents is 1. The highest BCUT2D eigenvalue weighted by atomic mass is 19.1. The maximum absolute atomic E-state index is 14.6. The van der Waals surface area contributed by atoms with Crippen LogP contribution < -0.4 is 15.0 Å². The first-order valence-electron chi connectivity index (χ1n) is 9.64. The van der Waals surface area contributed by atoms with E-state index in [0.717, 1.165) is 0 Å². The third-order valence-corrected chi connectivity index (χ3v) is 4.66. The molecule has 1 aliphatic rings. The number of benzene rings is 2. The topological polar surface area (TPSA) is 93.9 Å². The Kier molecular flexibility index (Phi) is 6.83. The van der Waals surface area contributed by atoms with Gasteiger partial charge in [-0.1, -0.05) is 12.1 Å². The van der Waals surface area contributed by atoms with Crippen LogP contribution >= 0.6 is 0 Å².